The normalized spacial score (nSPS) is 11.4. The first-order valence-corrected chi connectivity index (χ1v) is 8.92. The second-order valence-corrected chi connectivity index (χ2v) is 6.36. The molecule has 1 amide bonds. The van der Waals surface area contributed by atoms with Crippen LogP contribution in [0.2, 0.25) is 0 Å². The van der Waals surface area contributed by atoms with Crippen molar-refractivity contribution in [3.05, 3.63) is 47.9 Å². The number of halogens is 2. The van der Waals surface area contributed by atoms with E-state index in [1.807, 2.05) is 37.3 Å². The first-order valence-electron chi connectivity index (χ1n) is 8.92. The lowest BCUT2D eigenvalue weighted by molar-refractivity contribution is 0.0930. The van der Waals surface area contributed by atoms with Gasteiger partial charge in [0, 0.05) is 24.2 Å². The quantitative estimate of drug-likeness (QED) is 0.606. The molecule has 0 aliphatic carbocycles. The van der Waals surface area contributed by atoms with Crippen LogP contribution in [0.3, 0.4) is 0 Å². The van der Waals surface area contributed by atoms with Gasteiger partial charge in [0.25, 0.3) is 5.91 Å². The van der Waals surface area contributed by atoms with E-state index in [0.29, 0.717) is 17.9 Å². The summed E-state index contributed by atoms with van der Waals surface area (Å²) in [6, 6.07) is 9.67. The molecule has 3 rings (SSSR count). The zero-order valence-electron chi connectivity index (χ0n) is 16.0. The Labute approximate surface area is 176 Å². The van der Waals surface area contributed by atoms with Gasteiger partial charge in [-0.25, -0.2) is 4.68 Å². The molecule has 1 aromatic carbocycles. The van der Waals surface area contributed by atoms with Crippen LogP contribution in [0.5, 0.6) is 0 Å². The molecule has 7 nitrogen and oxygen atoms in total. The van der Waals surface area contributed by atoms with E-state index in [4.69, 9.17) is 5.73 Å². The summed E-state index contributed by atoms with van der Waals surface area (Å²) in [4.78, 5) is 16.9. The number of rotatable bonds is 7. The van der Waals surface area contributed by atoms with Crippen LogP contribution < -0.4 is 11.1 Å². The van der Waals surface area contributed by atoms with Crippen molar-refractivity contribution in [3.63, 3.8) is 0 Å². The molecule has 2 aromatic heterocycles. The average Bonchev–Trinajstić information content (AvgIpc) is 3.06. The minimum Gasteiger partial charge on any atom is -0.347 e. The molecule has 0 saturated carbocycles. The Kier molecular flexibility index (Phi) is 9.31. The molecular weight excluding hydrogens is 399 g/mol. The molecule has 2 heterocycles. The first kappa shape index (κ1) is 23.8. The number of hydrogen-bond donors (Lipinski definition) is 2. The van der Waals surface area contributed by atoms with Crippen molar-refractivity contribution in [1.82, 2.24) is 25.3 Å². The molecule has 3 N–H and O–H groups in total. The Morgan fingerprint density at radius 1 is 1.29 bits per heavy atom. The van der Waals surface area contributed by atoms with E-state index >= 15 is 0 Å². The van der Waals surface area contributed by atoms with Crippen molar-refractivity contribution in [2.45, 2.75) is 39.2 Å². The lowest BCUT2D eigenvalue weighted by atomic mass is 10.1. The number of benzene rings is 1. The second-order valence-electron chi connectivity index (χ2n) is 6.36. The number of carbonyl (C=O) groups is 1. The molecule has 0 aliphatic rings. The monoisotopic (exact) mass is 424 g/mol. The van der Waals surface area contributed by atoms with E-state index < -0.39 is 0 Å². The summed E-state index contributed by atoms with van der Waals surface area (Å²) in [5, 5.41) is 12.2. The first-order chi connectivity index (χ1) is 12.6. The predicted octanol–water partition coefficient (Wildman–Crippen LogP) is 3.21. The van der Waals surface area contributed by atoms with Crippen LogP contribution in [0.1, 0.15) is 42.4 Å². The van der Waals surface area contributed by atoms with E-state index in [0.717, 1.165) is 35.9 Å². The summed E-state index contributed by atoms with van der Waals surface area (Å²) in [6.45, 7) is 4.37. The maximum Gasteiger partial charge on any atom is 0.274 e. The maximum atomic E-state index is 12.6. The van der Waals surface area contributed by atoms with Crippen molar-refractivity contribution in [2.75, 3.05) is 6.54 Å². The van der Waals surface area contributed by atoms with Crippen LogP contribution in [-0.4, -0.2) is 38.5 Å². The summed E-state index contributed by atoms with van der Waals surface area (Å²) in [5.41, 5.74) is 8.54. The van der Waals surface area contributed by atoms with Crippen LogP contribution >= 0.6 is 24.8 Å². The number of unbranched alkanes of at least 4 members (excludes halogenated alkanes) is 1. The minimum absolute atomic E-state index is 0. The molecule has 1 atom stereocenters. The van der Waals surface area contributed by atoms with Crippen molar-refractivity contribution in [2.24, 2.45) is 5.73 Å². The fraction of sp³-hybridized carbons (Fsp3) is 0.368. The zero-order chi connectivity index (χ0) is 18.5. The van der Waals surface area contributed by atoms with Crippen LogP contribution in [0, 0.1) is 6.92 Å². The van der Waals surface area contributed by atoms with E-state index in [2.05, 4.69) is 27.5 Å². The molecule has 0 fully saturated rings. The van der Waals surface area contributed by atoms with Crippen LogP contribution in [0.25, 0.3) is 16.6 Å². The molecule has 0 aliphatic heterocycles. The fourth-order valence-corrected chi connectivity index (χ4v) is 2.93. The molecule has 0 radical (unpaired) electrons. The molecule has 0 saturated heterocycles. The van der Waals surface area contributed by atoms with Gasteiger partial charge in [-0.15, -0.1) is 29.9 Å². The Hall–Kier alpha value is -2.22. The smallest absolute Gasteiger partial charge is 0.274 e. The standard InChI is InChI=1S/C19H24N6O.2ClH/c1-3-4-7-15(12-20)22-19(26)18-13(2)25(24-23-18)16-8-9-17-14(11-16)6-5-10-21-17;;/h5-6,8-11,15H,3-4,7,12,20H2,1-2H3,(H,22,26);2*1H. The molecule has 28 heavy (non-hydrogen) atoms. The minimum atomic E-state index is -0.234. The van der Waals surface area contributed by atoms with Crippen LogP contribution in [0.4, 0.5) is 0 Å². The molecule has 152 valence electrons. The lowest BCUT2D eigenvalue weighted by Gasteiger charge is -2.15. The van der Waals surface area contributed by atoms with Gasteiger partial charge in [0.1, 0.15) is 0 Å². The number of nitrogens with one attached hydrogen (secondary N) is 1. The second kappa shape index (κ2) is 10.9. The topological polar surface area (TPSA) is 98.7 Å². The van der Waals surface area contributed by atoms with E-state index in [-0.39, 0.29) is 36.8 Å². The highest BCUT2D eigenvalue weighted by atomic mass is 35.5. The fourth-order valence-electron chi connectivity index (χ4n) is 2.93. The van der Waals surface area contributed by atoms with Gasteiger partial charge in [-0.05, 0) is 37.6 Å². The van der Waals surface area contributed by atoms with E-state index in [1.165, 1.54) is 0 Å². The van der Waals surface area contributed by atoms with Gasteiger partial charge in [0.05, 0.1) is 16.9 Å². The van der Waals surface area contributed by atoms with Gasteiger partial charge in [0.15, 0.2) is 5.69 Å². The molecule has 3 aromatic rings. The number of hydrogen-bond acceptors (Lipinski definition) is 5. The molecule has 9 heteroatoms. The SMILES string of the molecule is CCCCC(CN)NC(=O)c1nnn(-c2ccc3ncccc3c2)c1C.Cl.Cl. The number of carbonyl (C=O) groups excluding carboxylic acids is 1. The summed E-state index contributed by atoms with van der Waals surface area (Å²) < 4.78 is 1.67. The third-order valence-corrected chi connectivity index (χ3v) is 4.47. The maximum absolute atomic E-state index is 12.6. The molecule has 0 bridgehead atoms. The number of pyridine rings is 1. The Morgan fingerprint density at radius 2 is 2.07 bits per heavy atom. The third-order valence-electron chi connectivity index (χ3n) is 4.47. The molecular formula is C19H26Cl2N6O. The highest BCUT2D eigenvalue weighted by Gasteiger charge is 2.20. The van der Waals surface area contributed by atoms with Crippen molar-refractivity contribution in [1.29, 1.82) is 0 Å². The largest absolute Gasteiger partial charge is 0.347 e. The summed E-state index contributed by atoms with van der Waals surface area (Å²) >= 11 is 0. The number of fused-ring (bicyclic) bond motifs is 1. The summed E-state index contributed by atoms with van der Waals surface area (Å²) in [5.74, 6) is -0.234. The highest BCUT2D eigenvalue weighted by molar-refractivity contribution is 5.93. The van der Waals surface area contributed by atoms with Crippen molar-refractivity contribution in [3.8, 4) is 5.69 Å². The average molecular weight is 425 g/mol. The summed E-state index contributed by atoms with van der Waals surface area (Å²) in [6.07, 6.45) is 4.72. The zero-order valence-corrected chi connectivity index (χ0v) is 17.6. The van der Waals surface area contributed by atoms with Crippen LogP contribution in [-0.2, 0) is 0 Å². The van der Waals surface area contributed by atoms with Crippen molar-refractivity contribution >= 4 is 41.6 Å². The Bertz CT molecular complexity index is 914. The summed E-state index contributed by atoms with van der Waals surface area (Å²) in [7, 11) is 0. The molecule has 0 spiro atoms. The van der Waals surface area contributed by atoms with Gasteiger partial charge in [-0.2, -0.15) is 0 Å². The lowest BCUT2D eigenvalue weighted by Crippen LogP contribution is -2.40. The van der Waals surface area contributed by atoms with Gasteiger partial charge in [-0.3, -0.25) is 9.78 Å². The Balaban J connectivity index is 0.00000196. The van der Waals surface area contributed by atoms with Crippen molar-refractivity contribution < 1.29 is 4.79 Å². The van der Waals surface area contributed by atoms with E-state index in [1.54, 1.807) is 10.9 Å². The molecule has 1 unspecified atom stereocenters. The van der Waals surface area contributed by atoms with Gasteiger partial charge in [0.2, 0.25) is 0 Å². The third kappa shape index (κ3) is 5.19. The number of nitrogens with two attached hydrogens (primary N) is 1. The number of nitrogens with zero attached hydrogens (tertiary/aromatic N) is 4. The highest BCUT2D eigenvalue weighted by Crippen LogP contribution is 2.18. The van der Waals surface area contributed by atoms with Gasteiger partial charge in [-0.1, -0.05) is 31.0 Å². The van der Waals surface area contributed by atoms with Gasteiger partial charge < -0.3 is 11.1 Å². The van der Waals surface area contributed by atoms with E-state index in [9.17, 15) is 4.79 Å². The van der Waals surface area contributed by atoms with Crippen LogP contribution in [0.15, 0.2) is 36.5 Å². The Morgan fingerprint density at radius 3 is 2.79 bits per heavy atom. The van der Waals surface area contributed by atoms with Gasteiger partial charge >= 0.3 is 0 Å². The number of aromatic nitrogens is 4. The number of amides is 1. The predicted molar refractivity (Wildman–Crippen MR) is 116 cm³/mol.